The Morgan fingerprint density at radius 3 is 2.46 bits per heavy atom. The number of piperazine rings is 1. The molecule has 0 saturated carbocycles. The van der Waals surface area contributed by atoms with Crippen molar-refractivity contribution in [2.75, 3.05) is 58.3 Å². The molecule has 0 bridgehead atoms. The van der Waals surface area contributed by atoms with Gasteiger partial charge in [-0.3, -0.25) is 9.69 Å². The SMILES string of the molecule is COCCN(Cc1nc(C(=O)N2CCN(CC=Cc3ccccc3)CC2)cs1)C(=O)Nc1ccccc1. The predicted molar refractivity (Wildman–Crippen MR) is 148 cm³/mol. The van der Waals surface area contributed by atoms with Crippen LogP contribution >= 0.6 is 11.3 Å². The molecule has 194 valence electrons. The molecule has 0 unspecified atom stereocenters. The molecule has 1 saturated heterocycles. The van der Waals surface area contributed by atoms with Crippen LogP contribution in [0.2, 0.25) is 0 Å². The van der Waals surface area contributed by atoms with E-state index in [1.54, 1.807) is 17.4 Å². The number of aromatic nitrogens is 1. The van der Waals surface area contributed by atoms with Gasteiger partial charge in [0.25, 0.3) is 5.91 Å². The number of ether oxygens (including phenoxy) is 1. The highest BCUT2D eigenvalue weighted by atomic mass is 32.1. The van der Waals surface area contributed by atoms with Gasteiger partial charge in [0.2, 0.25) is 0 Å². The highest BCUT2D eigenvalue weighted by Crippen LogP contribution is 2.17. The van der Waals surface area contributed by atoms with E-state index < -0.39 is 0 Å². The van der Waals surface area contributed by atoms with E-state index in [9.17, 15) is 9.59 Å². The van der Waals surface area contributed by atoms with Gasteiger partial charge in [-0.1, -0.05) is 60.7 Å². The number of anilines is 1. The van der Waals surface area contributed by atoms with Crippen LogP contribution in [0.1, 0.15) is 21.1 Å². The molecule has 0 atom stereocenters. The Labute approximate surface area is 222 Å². The third kappa shape index (κ3) is 7.98. The van der Waals surface area contributed by atoms with Crippen LogP contribution in [0.25, 0.3) is 6.08 Å². The molecule has 8 nitrogen and oxygen atoms in total. The average Bonchev–Trinajstić information content (AvgIpc) is 3.41. The number of thiazole rings is 1. The lowest BCUT2D eigenvalue weighted by Crippen LogP contribution is -2.48. The van der Waals surface area contributed by atoms with Gasteiger partial charge in [0.15, 0.2) is 0 Å². The van der Waals surface area contributed by atoms with Crippen molar-refractivity contribution < 1.29 is 14.3 Å². The van der Waals surface area contributed by atoms with Gasteiger partial charge >= 0.3 is 6.03 Å². The number of amides is 3. The summed E-state index contributed by atoms with van der Waals surface area (Å²) in [6, 6.07) is 19.3. The largest absolute Gasteiger partial charge is 0.383 e. The number of para-hydroxylation sites is 1. The van der Waals surface area contributed by atoms with E-state index in [-0.39, 0.29) is 11.9 Å². The molecule has 1 fully saturated rings. The van der Waals surface area contributed by atoms with E-state index in [4.69, 9.17) is 4.74 Å². The molecule has 0 aliphatic carbocycles. The molecule has 2 aromatic carbocycles. The number of benzene rings is 2. The molecule has 0 radical (unpaired) electrons. The fraction of sp³-hybridized carbons (Fsp3) is 0.321. The number of hydrogen-bond acceptors (Lipinski definition) is 6. The van der Waals surface area contributed by atoms with Crippen molar-refractivity contribution in [2.24, 2.45) is 0 Å². The summed E-state index contributed by atoms with van der Waals surface area (Å²) in [5.41, 5.74) is 2.35. The normalized spacial score (nSPS) is 14.1. The second-order valence-electron chi connectivity index (χ2n) is 8.74. The molecule has 1 aliphatic heterocycles. The number of rotatable bonds is 10. The van der Waals surface area contributed by atoms with Crippen LogP contribution in [0, 0.1) is 0 Å². The quantitative estimate of drug-likeness (QED) is 0.432. The Morgan fingerprint density at radius 1 is 1.05 bits per heavy atom. The first-order valence-electron chi connectivity index (χ1n) is 12.4. The van der Waals surface area contributed by atoms with Crippen molar-refractivity contribution >= 4 is 35.0 Å². The highest BCUT2D eigenvalue weighted by Gasteiger charge is 2.24. The zero-order valence-corrected chi connectivity index (χ0v) is 21.9. The maximum absolute atomic E-state index is 13.1. The Morgan fingerprint density at radius 2 is 1.76 bits per heavy atom. The number of carbonyl (C=O) groups is 2. The van der Waals surface area contributed by atoms with Crippen molar-refractivity contribution in [2.45, 2.75) is 6.54 Å². The molecule has 1 aliphatic rings. The van der Waals surface area contributed by atoms with Crippen LogP contribution in [0.4, 0.5) is 10.5 Å². The van der Waals surface area contributed by atoms with E-state index in [0.29, 0.717) is 43.5 Å². The van der Waals surface area contributed by atoms with Crippen LogP contribution < -0.4 is 5.32 Å². The second-order valence-corrected chi connectivity index (χ2v) is 9.69. The standard InChI is InChI=1S/C28H33N5O3S/c1-36-20-19-33(28(35)29-24-12-6-3-7-13-24)21-26-30-25(22-37-26)27(34)32-17-15-31(16-18-32)14-8-11-23-9-4-2-5-10-23/h2-13,22H,14-21H2,1H3,(H,29,35). The Kier molecular flexibility index (Phi) is 9.81. The third-order valence-electron chi connectivity index (χ3n) is 6.11. The first-order chi connectivity index (χ1) is 18.1. The molecular weight excluding hydrogens is 486 g/mol. The summed E-state index contributed by atoms with van der Waals surface area (Å²) in [5, 5.41) is 5.41. The maximum Gasteiger partial charge on any atom is 0.322 e. The van der Waals surface area contributed by atoms with E-state index in [2.05, 4.69) is 39.5 Å². The van der Waals surface area contributed by atoms with Crippen LogP contribution in [0.15, 0.2) is 72.1 Å². The molecule has 3 aromatic rings. The summed E-state index contributed by atoms with van der Waals surface area (Å²) in [4.78, 5) is 36.3. The molecule has 2 heterocycles. The molecule has 9 heteroatoms. The van der Waals surface area contributed by atoms with Gasteiger partial charge in [-0.25, -0.2) is 9.78 Å². The summed E-state index contributed by atoms with van der Waals surface area (Å²) in [6.45, 7) is 4.98. The monoisotopic (exact) mass is 519 g/mol. The zero-order valence-electron chi connectivity index (χ0n) is 21.1. The van der Waals surface area contributed by atoms with Crippen LogP contribution in [0.3, 0.4) is 0 Å². The molecule has 1 N–H and O–H groups in total. The second kappa shape index (κ2) is 13.7. The first-order valence-corrected chi connectivity index (χ1v) is 13.3. The van der Waals surface area contributed by atoms with E-state index in [1.807, 2.05) is 53.4 Å². The summed E-state index contributed by atoms with van der Waals surface area (Å²) >= 11 is 1.40. The van der Waals surface area contributed by atoms with E-state index >= 15 is 0 Å². The average molecular weight is 520 g/mol. The van der Waals surface area contributed by atoms with Crippen molar-refractivity contribution in [3.8, 4) is 0 Å². The smallest absolute Gasteiger partial charge is 0.322 e. The fourth-order valence-electron chi connectivity index (χ4n) is 4.02. The minimum atomic E-state index is -0.233. The van der Waals surface area contributed by atoms with Gasteiger partial charge in [-0.2, -0.15) is 0 Å². The Hall–Kier alpha value is -3.53. The number of nitrogens with zero attached hydrogens (tertiary/aromatic N) is 4. The van der Waals surface area contributed by atoms with Crippen molar-refractivity contribution in [1.29, 1.82) is 0 Å². The van der Waals surface area contributed by atoms with Gasteiger partial charge in [0.1, 0.15) is 10.7 Å². The van der Waals surface area contributed by atoms with E-state index in [1.165, 1.54) is 16.9 Å². The van der Waals surface area contributed by atoms with Crippen molar-refractivity contribution in [3.63, 3.8) is 0 Å². The highest BCUT2D eigenvalue weighted by molar-refractivity contribution is 7.09. The number of hydrogen-bond donors (Lipinski definition) is 1. The third-order valence-corrected chi connectivity index (χ3v) is 6.94. The predicted octanol–water partition coefficient (Wildman–Crippen LogP) is 4.29. The van der Waals surface area contributed by atoms with Crippen molar-refractivity contribution in [3.05, 3.63) is 88.4 Å². The lowest BCUT2D eigenvalue weighted by molar-refractivity contribution is 0.0645. The summed E-state index contributed by atoms with van der Waals surface area (Å²) in [6.07, 6.45) is 4.30. The number of urea groups is 1. The molecule has 3 amide bonds. The fourth-order valence-corrected chi connectivity index (χ4v) is 4.80. The lowest BCUT2D eigenvalue weighted by Gasteiger charge is -2.33. The van der Waals surface area contributed by atoms with Gasteiger partial charge in [0.05, 0.1) is 13.2 Å². The van der Waals surface area contributed by atoms with Gasteiger partial charge in [-0.15, -0.1) is 11.3 Å². The van der Waals surface area contributed by atoms with Gasteiger partial charge in [0, 0.05) is 57.4 Å². The summed E-state index contributed by atoms with van der Waals surface area (Å²) in [7, 11) is 1.60. The minimum Gasteiger partial charge on any atom is -0.383 e. The van der Waals surface area contributed by atoms with Crippen LogP contribution in [-0.2, 0) is 11.3 Å². The summed E-state index contributed by atoms with van der Waals surface area (Å²) in [5.74, 6) is -0.0563. The van der Waals surface area contributed by atoms with Crippen LogP contribution in [0.5, 0.6) is 0 Å². The zero-order chi connectivity index (χ0) is 25.9. The minimum absolute atomic E-state index is 0.0563. The molecule has 4 rings (SSSR count). The van der Waals surface area contributed by atoms with E-state index in [0.717, 1.165) is 25.3 Å². The van der Waals surface area contributed by atoms with Crippen LogP contribution in [-0.4, -0.2) is 84.6 Å². The lowest BCUT2D eigenvalue weighted by atomic mass is 10.2. The molecular formula is C28H33N5O3S. The van der Waals surface area contributed by atoms with Gasteiger partial charge < -0.3 is 19.9 Å². The molecule has 0 spiro atoms. The number of carbonyl (C=O) groups excluding carboxylic acids is 2. The van der Waals surface area contributed by atoms with Crippen molar-refractivity contribution in [1.82, 2.24) is 19.7 Å². The molecule has 37 heavy (non-hydrogen) atoms. The topological polar surface area (TPSA) is 78.0 Å². The number of methoxy groups -OCH3 is 1. The number of nitrogens with one attached hydrogen (secondary N) is 1. The maximum atomic E-state index is 13.1. The van der Waals surface area contributed by atoms with Gasteiger partial charge in [-0.05, 0) is 17.7 Å². The molecule has 1 aromatic heterocycles. The Balaban J connectivity index is 1.28. The first kappa shape index (κ1) is 26.5. The summed E-state index contributed by atoms with van der Waals surface area (Å²) < 4.78 is 5.18. The Bertz CT molecular complexity index is 1160.